The van der Waals surface area contributed by atoms with Gasteiger partial charge in [0.05, 0.1) is 13.2 Å². The van der Waals surface area contributed by atoms with E-state index in [-0.39, 0.29) is 6.42 Å². The van der Waals surface area contributed by atoms with E-state index in [1.165, 1.54) is 0 Å². The van der Waals surface area contributed by atoms with Crippen molar-refractivity contribution < 1.29 is 55.1 Å². The van der Waals surface area contributed by atoms with Crippen LogP contribution in [0.25, 0.3) is 0 Å². The first-order valence-corrected chi connectivity index (χ1v) is 8.83. The second-order valence-electron chi connectivity index (χ2n) is 6.55. The molecule has 0 unspecified atom stereocenters. The van der Waals surface area contributed by atoms with Crippen LogP contribution in [0.15, 0.2) is 0 Å². The largest absolute Gasteiger partial charge is 0.394 e. The fourth-order valence-electron chi connectivity index (χ4n) is 2.69. The van der Waals surface area contributed by atoms with Gasteiger partial charge in [0.1, 0.15) is 48.8 Å². The predicted octanol–water partition coefficient (Wildman–Crippen LogP) is -3.99. The van der Waals surface area contributed by atoms with Gasteiger partial charge in [-0.3, -0.25) is 4.79 Å². The van der Waals surface area contributed by atoms with Gasteiger partial charge in [-0.15, -0.1) is 0 Å². The minimum atomic E-state index is -1.93. The molecule has 27 heavy (non-hydrogen) atoms. The monoisotopic (exact) mass is 398 g/mol. The Morgan fingerprint density at radius 2 is 1.70 bits per heavy atom. The molecule has 8 N–H and O–H groups in total. The third-order valence-corrected chi connectivity index (χ3v) is 4.48. The van der Waals surface area contributed by atoms with Crippen molar-refractivity contribution in [3.05, 3.63) is 0 Å². The topological polar surface area (TPSA) is 197 Å². The summed E-state index contributed by atoms with van der Waals surface area (Å²) in [5.41, 5.74) is 0. The van der Waals surface area contributed by atoms with Gasteiger partial charge in [0, 0.05) is 6.42 Å². The number of hydrogen-bond acceptors (Lipinski definition) is 11. The molecule has 0 aromatic heterocycles. The maximum Gasteiger partial charge on any atom is 0.187 e. The van der Waals surface area contributed by atoms with Crippen LogP contribution in [0, 0.1) is 0 Å². The first-order valence-electron chi connectivity index (χ1n) is 8.83. The molecule has 0 spiro atoms. The summed E-state index contributed by atoms with van der Waals surface area (Å²) in [5, 5.41) is 77.8. The highest BCUT2D eigenvalue weighted by molar-refractivity contribution is 5.83. The second-order valence-corrected chi connectivity index (χ2v) is 6.55. The number of carbonyl (C=O) groups is 1. The van der Waals surface area contributed by atoms with Gasteiger partial charge in [-0.25, -0.2) is 0 Å². The molecule has 1 aliphatic rings. The minimum absolute atomic E-state index is 0.0336. The molecule has 0 aromatic rings. The van der Waals surface area contributed by atoms with Gasteiger partial charge < -0.3 is 50.3 Å². The highest BCUT2D eigenvalue weighted by Crippen LogP contribution is 2.25. The van der Waals surface area contributed by atoms with Crippen LogP contribution in [0.5, 0.6) is 0 Å². The zero-order chi connectivity index (χ0) is 20.7. The van der Waals surface area contributed by atoms with Gasteiger partial charge in [-0.1, -0.05) is 13.3 Å². The summed E-state index contributed by atoms with van der Waals surface area (Å²) >= 11 is 0. The lowest BCUT2D eigenvalue weighted by Gasteiger charge is -2.42. The Labute approximate surface area is 156 Å². The van der Waals surface area contributed by atoms with E-state index in [1.54, 1.807) is 0 Å². The Balaban J connectivity index is 2.99. The van der Waals surface area contributed by atoms with Crippen LogP contribution in [0.2, 0.25) is 0 Å². The van der Waals surface area contributed by atoms with E-state index in [1.807, 2.05) is 6.92 Å². The van der Waals surface area contributed by atoms with Crippen molar-refractivity contribution >= 4 is 5.78 Å². The Morgan fingerprint density at radius 1 is 1.07 bits per heavy atom. The van der Waals surface area contributed by atoms with E-state index in [4.69, 9.17) is 14.6 Å². The standard InChI is InChI=1S/C16H30O11/c1-2-3-4-7(19)10(21)15(11(22)8(20)5-17)27-16-14(25)13(24)12(23)9(6-18)26-16/h8-18,20-25H,2-6H2,1H3/t8-,9-,10+,11-,12-,13+,14-,15-,16-/m1/s1. The van der Waals surface area contributed by atoms with Crippen LogP contribution in [0.3, 0.4) is 0 Å². The zero-order valence-corrected chi connectivity index (χ0v) is 15.0. The molecule has 11 nitrogen and oxygen atoms in total. The quantitative estimate of drug-likeness (QED) is 0.169. The van der Waals surface area contributed by atoms with E-state index in [9.17, 15) is 40.5 Å². The SMILES string of the molecule is CCCCC(=O)[C@H](O)[C@@H](O[C@H]1O[C@H](CO)[C@@H](O)[C@H](O)[C@H]1O)[C@H](O)[C@H](O)CO. The maximum atomic E-state index is 12.1. The fraction of sp³-hybridized carbons (Fsp3) is 0.938. The van der Waals surface area contributed by atoms with Crippen molar-refractivity contribution in [1.82, 2.24) is 0 Å². The van der Waals surface area contributed by atoms with Crippen LogP contribution in [0.1, 0.15) is 26.2 Å². The summed E-state index contributed by atoms with van der Waals surface area (Å²) in [6.07, 6.45) is -14.6. The maximum absolute atomic E-state index is 12.1. The molecule has 1 heterocycles. The average molecular weight is 398 g/mol. The number of ether oxygens (including phenoxy) is 2. The van der Waals surface area contributed by atoms with Crippen LogP contribution in [-0.4, -0.2) is 115 Å². The molecule has 0 aliphatic carbocycles. The minimum Gasteiger partial charge on any atom is -0.394 e. The van der Waals surface area contributed by atoms with Crippen molar-refractivity contribution in [3.8, 4) is 0 Å². The molecular formula is C16H30O11. The van der Waals surface area contributed by atoms with Crippen LogP contribution < -0.4 is 0 Å². The van der Waals surface area contributed by atoms with E-state index in [0.29, 0.717) is 12.8 Å². The number of ketones is 1. The summed E-state index contributed by atoms with van der Waals surface area (Å²) < 4.78 is 10.4. The zero-order valence-electron chi connectivity index (χ0n) is 15.0. The molecule has 1 fully saturated rings. The lowest BCUT2D eigenvalue weighted by Crippen LogP contribution is -2.61. The molecule has 1 saturated heterocycles. The summed E-state index contributed by atoms with van der Waals surface area (Å²) in [4.78, 5) is 12.1. The lowest BCUT2D eigenvalue weighted by atomic mass is 9.96. The molecule has 0 radical (unpaired) electrons. The highest BCUT2D eigenvalue weighted by atomic mass is 16.7. The van der Waals surface area contributed by atoms with Crippen LogP contribution in [-0.2, 0) is 14.3 Å². The number of aliphatic hydroxyl groups excluding tert-OH is 8. The van der Waals surface area contributed by atoms with Crippen molar-refractivity contribution in [3.63, 3.8) is 0 Å². The van der Waals surface area contributed by atoms with E-state index in [2.05, 4.69) is 0 Å². The molecule has 160 valence electrons. The molecule has 11 heteroatoms. The molecule has 0 bridgehead atoms. The lowest BCUT2D eigenvalue weighted by molar-refractivity contribution is -0.325. The van der Waals surface area contributed by atoms with E-state index >= 15 is 0 Å². The van der Waals surface area contributed by atoms with Crippen LogP contribution in [0.4, 0.5) is 0 Å². The van der Waals surface area contributed by atoms with Crippen molar-refractivity contribution in [2.75, 3.05) is 13.2 Å². The first kappa shape index (κ1) is 24.3. The summed E-state index contributed by atoms with van der Waals surface area (Å²) in [6.45, 7) is 0.201. The van der Waals surface area contributed by atoms with E-state index in [0.717, 1.165) is 0 Å². The summed E-state index contributed by atoms with van der Waals surface area (Å²) in [5.74, 6) is -0.698. The van der Waals surface area contributed by atoms with E-state index < -0.39 is 74.1 Å². The third-order valence-electron chi connectivity index (χ3n) is 4.48. The Bertz CT molecular complexity index is 446. The molecule has 0 saturated carbocycles. The van der Waals surface area contributed by atoms with Gasteiger partial charge in [-0.2, -0.15) is 0 Å². The van der Waals surface area contributed by atoms with Crippen molar-refractivity contribution in [2.24, 2.45) is 0 Å². The Kier molecular flexibility index (Phi) is 10.2. The van der Waals surface area contributed by atoms with Gasteiger partial charge in [-0.05, 0) is 6.42 Å². The number of unbranched alkanes of at least 4 members (excludes halogenated alkanes) is 1. The molecule has 1 aliphatic heterocycles. The third kappa shape index (κ3) is 6.12. The summed E-state index contributed by atoms with van der Waals surface area (Å²) in [6, 6.07) is 0. The van der Waals surface area contributed by atoms with Crippen molar-refractivity contribution in [2.45, 2.75) is 81.3 Å². The smallest absolute Gasteiger partial charge is 0.187 e. The number of rotatable bonds is 11. The predicted molar refractivity (Wildman–Crippen MR) is 88.3 cm³/mol. The number of carbonyl (C=O) groups excluding carboxylic acids is 1. The van der Waals surface area contributed by atoms with Gasteiger partial charge in [0.25, 0.3) is 0 Å². The molecule has 9 atom stereocenters. The van der Waals surface area contributed by atoms with Crippen molar-refractivity contribution in [1.29, 1.82) is 0 Å². The Morgan fingerprint density at radius 3 is 2.22 bits per heavy atom. The molecular weight excluding hydrogens is 368 g/mol. The second kappa shape index (κ2) is 11.3. The number of hydrogen-bond donors (Lipinski definition) is 8. The van der Waals surface area contributed by atoms with Crippen LogP contribution >= 0.6 is 0 Å². The average Bonchev–Trinajstić information content (AvgIpc) is 2.68. The van der Waals surface area contributed by atoms with Gasteiger partial charge in [0.2, 0.25) is 0 Å². The first-order chi connectivity index (χ1) is 12.7. The molecule has 0 aromatic carbocycles. The normalized spacial score (nSPS) is 33.3. The highest BCUT2D eigenvalue weighted by Gasteiger charge is 2.47. The summed E-state index contributed by atoms with van der Waals surface area (Å²) in [7, 11) is 0. The van der Waals surface area contributed by atoms with Gasteiger partial charge in [0.15, 0.2) is 12.1 Å². The fourth-order valence-corrected chi connectivity index (χ4v) is 2.69. The molecule has 0 amide bonds. The number of aliphatic hydroxyl groups is 8. The Hall–Kier alpha value is -0.730. The molecule has 1 rings (SSSR count). The number of Topliss-reactive ketones (excluding diaryl/α,β-unsaturated/α-hetero) is 1. The van der Waals surface area contributed by atoms with Gasteiger partial charge >= 0.3 is 0 Å².